The minimum Gasteiger partial charge on any atom is -0.497 e. The summed E-state index contributed by atoms with van der Waals surface area (Å²) in [5.41, 5.74) is 2.84. The topological polar surface area (TPSA) is 83.6 Å². The highest BCUT2D eigenvalue weighted by molar-refractivity contribution is 7.16. The number of hydrogen-bond acceptors (Lipinski definition) is 5. The van der Waals surface area contributed by atoms with E-state index in [1.165, 1.54) is 11.3 Å². The van der Waals surface area contributed by atoms with Crippen LogP contribution in [0.5, 0.6) is 5.75 Å². The molecule has 0 aliphatic heterocycles. The van der Waals surface area contributed by atoms with Crippen LogP contribution in [0.2, 0.25) is 0 Å². The van der Waals surface area contributed by atoms with E-state index in [1.54, 1.807) is 19.1 Å². The summed E-state index contributed by atoms with van der Waals surface area (Å²) in [6.45, 7) is 2.72. The molecule has 2 N–H and O–H groups in total. The van der Waals surface area contributed by atoms with Crippen molar-refractivity contribution in [3.63, 3.8) is 0 Å². The van der Waals surface area contributed by atoms with Crippen LogP contribution in [0.25, 0.3) is 11.3 Å². The van der Waals surface area contributed by atoms with Gasteiger partial charge in [-0.1, -0.05) is 30.3 Å². The zero-order valence-corrected chi connectivity index (χ0v) is 18.7. The number of ether oxygens (including phenoxy) is 1. The molecule has 3 rings (SSSR count). The highest BCUT2D eigenvalue weighted by Crippen LogP contribution is 2.31. The van der Waals surface area contributed by atoms with Crippen LogP contribution in [0.4, 0.5) is 9.93 Å². The van der Waals surface area contributed by atoms with E-state index in [0.29, 0.717) is 11.7 Å². The van der Waals surface area contributed by atoms with Gasteiger partial charge in [-0.2, -0.15) is 0 Å². The molecule has 1 heterocycles. The van der Waals surface area contributed by atoms with Crippen molar-refractivity contribution in [3.8, 4) is 17.0 Å². The van der Waals surface area contributed by atoms with Gasteiger partial charge in [-0.25, -0.2) is 9.78 Å². The first-order valence-corrected chi connectivity index (χ1v) is 10.7. The fourth-order valence-electron chi connectivity index (χ4n) is 3.00. The van der Waals surface area contributed by atoms with Crippen molar-refractivity contribution in [1.82, 2.24) is 15.2 Å². The fourth-order valence-corrected chi connectivity index (χ4v) is 3.85. The first-order chi connectivity index (χ1) is 15.0. The number of nitrogens with one attached hydrogen (secondary N) is 2. The van der Waals surface area contributed by atoms with Gasteiger partial charge in [-0.05, 0) is 36.8 Å². The van der Waals surface area contributed by atoms with Crippen molar-refractivity contribution in [2.75, 3.05) is 26.0 Å². The number of carbonyl (C=O) groups excluding carboxylic acids is 2. The number of rotatable bonds is 8. The van der Waals surface area contributed by atoms with E-state index in [0.717, 1.165) is 27.4 Å². The molecule has 162 valence electrons. The van der Waals surface area contributed by atoms with Crippen LogP contribution in [0, 0.1) is 6.92 Å². The Morgan fingerprint density at radius 3 is 2.48 bits per heavy atom. The van der Waals surface area contributed by atoms with Gasteiger partial charge < -0.3 is 20.3 Å². The maximum atomic E-state index is 12.3. The predicted octanol–water partition coefficient (Wildman–Crippen LogP) is 4.30. The van der Waals surface area contributed by atoms with Crippen molar-refractivity contribution >= 4 is 28.4 Å². The lowest BCUT2D eigenvalue weighted by Gasteiger charge is -2.17. The van der Waals surface area contributed by atoms with Crippen LogP contribution in [0.15, 0.2) is 54.6 Å². The molecule has 3 amide bonds. The predicted molar refractivity (Wildman–Crippen MR) is 123 cm³/mol. The van der Waals surface area contributed by atoms with Gasteiger partial charge in [0, 0.05) is 37.0 Å². The van der Waals surface area contributed by atoms with Gasteiger partial charge in [0.2, 0.25) is 5.91 Å². The Kier molecular flexibility index (Phi) is 7.61. The first-order valence-electron chi connectivity index (χ1n) is 9.91. The highest BCUT2D eigenvalue weighted by atomic mass is 32.1. The van der Waals surface area contributed by atoms with Crippen LogP contribution >= 0.6 is 11.3 Å². The second-order valence-corrected chi connectivity index (χ2v) is 8.23. The van der Waals surface area contributed by atoms with Crippen molar-refractivity contribution in [3.05, 3.63) is 65.0 Å². The summed E-state index contributed by atoms with van der Waals surface area (Å²) in [5, 5.41) is 6.13. The minimum atomic E-state index is -0.219. The van der Waals surface area contributed by atoms with Crippen molar-refractivity contribution in [2.24, 2.45) is 0 Å². The smallest absolute Gasteiger partial charge is 0.317 e. The standard InChI is InChI=1S/C23H26N4O3S/c1-16-21(18-9-11-19(30-3)12-10-18)26-22(31-16)25-20(28)13-14-24-23(29)27(2)15-17-7-5-4-6-8-17/h4-12H,13-15H2,1-3H3,(H,24,29)(H,25,26,28). The van der Waals surface area contributed by atoms with E-state index < -0.39 is 0 Å². The van der Waals surface area contributed by atoms with Crippen LogP contribution in [-0.2, 0) is 11.3 Å². The number of urea groups is 1. The molecule has 1 aromatic heterocycles. The van der Waals surface area contributed by atoms with E-state index in [9.17, 15) is 9.59 Å². The van der Waals surface area contributed by atoms with Crippen molar-refractivity contribution in [2.45, 2.75) is 19.9 Å². The quantitative estimate of drug-likeness (QED) is 0.549. The molecular formula is C23H26N4O3S. The summed E-state index contributed by atoms with van der Waals surface area (Å²) in [6, 6.07) is 17.2. The number of methoxy groups -OCH3 is 1. The molecule has 0 aliphatic rings. The summed E-state index contributed by atoms with van der Waals surface area (Å²) >= 11 is 1.42. The number of aromatic nitrogens is 1. The Labute approximate surface area is 186 Å². The van der Waals surface area contributed by atoms with Gasteiger partial charge in [-0.15, -0.1) is 11.3 Å². The lowest BCUT2D eigenvalue weighted by atomic mass is 10.1. The Bertz CT molecular complexity index is 1020. The average Bonchev–Trinajstić information content (AvgIpc) is 3.14. The normalized spacial score (nSPS) is 10.4. The molecule has 0 fully saturated rings. The second-order valence-electron chi connectivity index (χ2n) is 7.02. The number of amides is 3. The number of thiazole rings is 1. The lowest BCUT2D eigenvalue weighted by molar-refractivity contribution is -0.116. The summed E-state index contributed by atoms with van der Waals surface area (Å²) in [5.74, 6) is 0.586. The van der Waals surface area contributed by atoms with Crippen LogP contribution in [-0.4, -0.2) is 42.5 Å². The molecule has 0 atom stereocenters. The van der Waals surface area contributed by atoms with Crippen LogP contribution in [0.3, 0.4) is 0 Å². The van der Waals surface area contributed by atoms with E-state index >= 15 is 0 Å². The zero-order valence-electron chi connectivity index (χ0n) is 17.8. The average molecular weight is 439 g/mol. The molecule has 7 nitrogen and oxygen atoms in total. The molecular weight excluding hydrogens is 412 g/mol. The van der Waals surface area contributed by atoms with Gasteiger partial charge in [0.05, 0.1) is 12.8 Å². The summed E-state index contributed by atoms with van der Waals surface area (Å²) < 4.78 is 5.18. The van der Waals surface area contributed by atoms with Crippen molar-refractivity contribution in [1.29, 1.82) is 0 Å². The number of hydrogen-bond donors (Lipinski definition) is 2. The summed E-state index contributed by atoms with van der Waals surface area (Å²) in [6.07, 6.45) is 0.168. The molecule has 0 saturated carbocycles. The van der Waals surface area contributed by atoms with E-state index in [2.05, 4.69) is 15.6 Å². The molecule has 0 saturated heterocycles. The SMILES string of the molecule is COc1ccc(-c2nc(NC(=O)CCNC(=O)N(C)Cc3ccccc3)sc2C)cc1. The maximum absolute atomic E-state index is 12.3. The molecule has 0 aliphatic carbocycles. The van der Waals surface area contributed by atoms with Gasteiger partial charge >= 0.3 is 6.03 Å². The number of nitrogens with zero attached hydrogens (tertiary/aromatic N) is 2. The number of benzene rings is 2. The molecule has 0 spiro atoms. The molecule has 0 bridgehead atoms. The van der Waals surface area contributed by atoms with E-state index in [-0.39, 0.29) is 24.9 Å². The molecule has 8 heteroatoms. The fraction of sp³-hybridized carbons (Fsp3) is 0.261. The number of carbonyl (C=O) groups is 2. The monoisotopic (exact) mass is 438 g/mol. The molecule has 2 aromatic carbocycles. The number of anilines is 1. The maximum Gasteiger partial charge on any atom is 0.317 e. The minimum absolute atomic E-state index is 0.168. The molecule has 3 aromatic rings. The molecule has 0 unspecified atom stereocenters. The zero-order chi connectivity index (χ0) is 22.2. The van der Waals surface area contributed by atoms with E-state index in [4.69, 9.17) is 4.74 Å². The summed E-state index contributed by atoms with van der Waals surface area (Å²) in [7, 11) is 3.35. The third kappa shape index (κ3) is 6.29. The van der Waals surface area contributed by atoms with Gasteiger partial charge in [0.15, 0.2) is 5.13 Å². The Morgan fingerprint density at radius 2 is 1.81 bits per heavy atom. The summed E-state index contributed by atoms with van der Waals surface area (Å²) in [4.78, 5) is 31.6. The number of aryl methyl sites for hydroxylation is 1. The van der Waals surface area contributed by atoms with Gasteiger partial charge in [0.1, 0.15) is 5.75 Å². The van der Waals surface area contributed by atoms with E-state index in [1.807, 2.05) is 61.5 Å². The van der Waals surface area contributed by atoms with Crippen LogP contribution < -0.4 is 15.4 Å². The van der Waals surface area contributed by atoms with Gasteiger partial charge in [0.25, 0.3) is 0 Å². The Balaban J connectivity index is 1.47. The Morgan fingerprint density at radius 1 is 1.10 bits per heavy atom. The molecule has 31 heavy (non-hydrogen) atoms. The first kappa shape index (κ1) is 22.3. The van der Waals surface area contributed by atoms with Crippen LogP contribution in [0.1, 0.15) is 16.9 Å². The third-order valence-electron chi connectivity index (χ3n) is 4.64. The van der Waals surface area contributed by atoms with Gasteiger partial charge in [-0.3, -0.25) is 4.79 Å². The van der Waals surface area contributed by atoms with Crippen molar-refractivity contribution < 1.29 is 14.3 Å². The highest BCUT2D eigenvalue weighted by Gasteiger charge is 2.13. The third-order valence-corrected chi connectivity index (χ3v) is 5.53. The molecule has 0 radical (unpaired) electrons. The second kappa shape index (κ2) is 10.6. The lowest BCUT2D eigenvalue weighted by Crippen LogP contribution is -2.38. The Hall–Kier alpha value is -3.39. The largest absolute Gasteiger partial charge is 0.497 e.